The predicted octanol–water partition coefficient (Wildman–Crippen LogP) is 2.86. The number of non-ortho nitro benzene ring substituents is 1. The molecule has 1 aromatic carbocycles. The molecule has 0 aliphatic rings. The quantitative estimate of drug-likeness (QED) is 0.257. The fraction of sp³-hybridized carbons (Fsp3) is 0.364. The van der Waals surface area contributed by atoms with Crippen LogP contribution < -0.4 is 4.74 Å². The number of nitrogens with zero attached hydrogens (tertiary/aromatic N) is 1. The lowest BCUT2D eigenvalue weighted by molar-refractivity contribution is -0.384. The predicted molar refractivity (Wildman–Crippen MR) is 60.3 cm³/mol. The zero-order chi connectivity index (χ0) is 13.4. The molecule has 0 aliphatic carbocycles. The van der Waals surface area contributed by atoms with E-state index in [-0.39, 0.29) is 18.0 Å². The number of halogens is 1. The van der Waals surface area contributed by atoms with E-state index in [1.54, 1.807) is 0 Å². The molecule has 0 amide bonds. The first-order chi connectivity index (χ1) is 8.63. The monoisotopic (exact) mass is 257 g/mol. The highest BCUT2D eigenvalue weighted by Crippen LogP contribution is 2.17. The first-order valence-corrected chi connectivity index (χ1v) is 5.28. The van der Waals surface area contributed by atoms with Crippen molar-refractivity contribution in [1.82, 2.24) is 0 Å². The van der Waals surface area contributed by atoms with E-state index in [1.165, 1.54) is 24.3 Å². The molecule has 6 nitrogen and oxygen atoms in total. The van der Waals surface area contributed by atoms with Crippen LogP contribution in [0.3, 0.4) is 0 Å². The molecular formula is C11H12FNO5. The SMILES string of the molecule is O=C(OCCCCF)Oc1ccc([N+](=O)[O-])cc1. The van der Waals surface area contributed by atoms with Gasteiger partial charge in [-0.2, -0.15) is 0 Å². The van der Waals surface area contributed by atoms with Crippen molar-refractivity contribution in [3.05, 3.63) is 34.4 Å². The minimum atomic E-state index is -0.914. The number of hydrogen-bond acceptors (Lipinski definition) is 5. The smallest absolute Gasteiger partial charge is 0.434 e. The molecule has 7 heteroatoms. The largest absolute Gasteiger partial charge is 0.513 e. The van der Waals surface area contributed by atoms with E-state index in [9.17, 15) is 19.3 Å². The average molecular weight is 257 g/mol. The molecule has 0 aromatic heterocycles. The van der Waals surface area contributed by atoms with E-state index in [1.807, 2.05) is 0 Å². The Morgan fingerprint density at radius 2 is 1.94 bits per heavy atom. The number of benzene rings is 1. The number of ether oxygens (including phenoxy) is 2. The van der Waals surface area contributed by atoms with Gasteiger partial charge >= 0.3 is 6.16 Å². The third-order valence-corrected chi connectivity index (χ3v) is 2.00. The van der Waals surface area contributed by atoms with E-state index in [0.717, 1.165) is 0 Å². The van der Waals surface area contributed by atoms with E-state index >= 15 is 0 Å². The van der Waals surface area contributed by atoms with Crippen LogP contribution >= 0.6 is 0 Å². The molecule has 0 atom stereocenters. The maximum absolute atomic E-state index is 11.7. The van der Waals surface area contributed by atoms with E-state index in [2.05, 4.69) is 4.74 Å². The van der Waals surface area contributed by atoms with Crippen LogP contribution in [0.15, 0.2) is 24.3 Å². The van der Waals surface area contributed by atoms with Crippen LogP contribution in [0.2, 0.25) is 0 Å². The van der Waals surface area contributed by atoms with Crippen LogP contribution in [-0.4, -0.2) is 24.4 Å². The van der Waals surface area contributed by atoms with Crippen molar-refractivity contribution in [1.29, 1.82) is 0 Å². The van der Waals surface area contributed by atoms with Crippen molar-refractivity contribution < 1.29 is 23.6 Å². The molecular weight excluding hydrogens is 245 g/mol. The van der Waals surface area contributed by atoms with Gasteiger partial charge in [-0.05, 0) is 25.0 Å². The molecule has 0 bridgehead atoms. The highest BCUT2D eigenvalue weighted by atomic mass is 19.1. The number of nitro benzene ring substituents is 1. The van der Waals surface area contributed by atoms with Crippen LogP contribution in [0.5, 0.6) is 5.75 Å². The maximum atomic E-state index is 11.7. The van der Waals surface area contributed by atoms with Crippen LogP contribution in [0.1, 0.15) is 12.8 Å². The van der Waals surface area contributed by atoms with Gasteiger partial charge in [0.1, 0.15) is 5.75 Å². The second kappa shape index (κ2) is 7.21. The van der Waals surface area contributed by atoms with Gasteiger partial charge in [0.15, 0.2) is 0 Å². The topological polar surface area (TPSA) is 78.7 Å². The Kier molecular flexibility index (Phi) is 5.56. The Hall–Kier alpha value is -2.18. The summed E-state index contributed by atoms with van der Waals surface area (Å²) >= 11 is 0. The molecule has 0 saturated carbocycles. The minimum absolute atomic E-state index is 0.0791. The molecule has 1 aromatic rings. The zero-order valence-electron chi connectivity index (χ0n) is 9.50. The first kappa shape index (κ1) is 13.9. The van der Waals surface area contributed by atoms with Crippen molar-refractivity contribution in [2.75, 3.05) is 13.3 Å². The molecule has 0 radical (unpaired) electrons. The van der Waals surface area contributed by atoms with Crippen LogP contribution in [0, 0.1) is 10.1 Å². The minimum Gasteiger partial charge on any atom is -0.434 e. The zero-order valence-corrected chi connectivity index (χ0v) is 9.50. The van der Waals surface area contributed by atoms with Gasteiger partial charge in [-0.3, -0.25) is 14.5 Å². The van der Waals surface area contributed by atoms with Gasteiger partial charge < -0.3 is 9.47 Å². The van der Waals surface area contributed by atoms with Gasteiger partial charge in [0.25, 0.3) is 5.69 Å². The summed E-state index contributed by atoms with van der Waals surface area (Å²) in [5, 5.41) is 10.4. The number of hydrogen-bond donors (Lipinski definition) is 0. The Balaban J connectivity index is 2.37. The number of nitro groups is 1. The second-order valence-electron chi connectivity index (χ2n) is 3.35. The lowest BCUT2D eigenvalue weighted by Crippen LogP contribution is -2.11. The molecule has 0 saturated heterocycles. The number of unbranched alkanes of at least 4 members (excludes halogenated alkanes) is 1. The molecule has 0 heterocycles. The molecule has 0 unspecified atom stereocenters. The van der Waals surface area contributed by atoms with Crippen molar-refractivity contribution in [2.45, 2.75) is 12.8 Å². The summed E-state index contributed by atoms with van der Waals surface area (Å²) in [5.41, 5.74) is -0.0985. The first-order valence-electron chi connectivity index (χ1n) is 5.28. The number of rotatable bonds is 6. The molecule has 0 spiro atoms. The van der Waals surface area contributed by atoms with E-state index in [0.29, 0.717) is 12.8 Å². The van der Waals surface area contributed by atoms with Gasteiger partial charge in [-0.1, -0.05) is 0 Å². The van der Waals surface area contributed by atoms with Gasteiger partial charge in [0.05, 0.1) is 18.2 Å². The number of carbonyl (C=O) groups is 1. The summed E-state index contributed by atoms with van der Waals surface area (Å²) in [4.78, 5) is 20.9. The summed E-state index contributed by atoms with van der Waals surface area (Å²) in [6.07, 6.45) is -0.167. The van der Waals surface area contributed by atoms with Crippen molar-refractivity contribution >= 4 is 11.8 Å². The third kappa shape index (κ3) is 4.77. The fourth-order valence-corrected chi connectivity index (χ4v) is 1.11. The summed E-state index contributed by atoms with van der Waals surface area (Å²) in [6, 6.07) is 5.01. The van der Waals surface area contributed by atoms with Gasteiger partial charge in [-0.25, -0.2) is 4.79 Å². The maximum Gasteiger partial charge on any atom is 0.513 e. The Bertz CT molecular complexity index is 406. The number of alkyl halides is 1. The Labute approximate surface area is 102 Å². The fourth-order valence-electron chi connectivity index (χ4n) is 1.11. The molecule has 0 N–H and O–H groups in total. The summed E-state index contributed by atoms with van der Waals surface area (Å²) in [6.45, 7) is -0.378. The van der Waals surface area contributed by atoms with E-state index in [4.69, 9.17) is 4.74 Å². The van der Waals surface area contributed by atoms with Crippen LogP contribution in [0.4, 0.5) is 14.9 Å². The van der Waals surface area contributed by atoms with E-state index < -0.39 is 17.8 Å². The van der Waals surface area contributed by atoms with Gasteiger partial charge in [-0.15, -0.1) is 0 Å². The normalized spacial score (nSPS) is 9.83. The van der Waals surface area contributed by atoms with Crippen LogP contribution in [0.25, 0.3) is 0 Å². The second-order valence-corrected chi connectivity index (χ2v) is 3.35. The molecule has 1 rings (SSSR count). The van der Waals surface area contributed by atoms with Crippen molar-refractivity contribution in [3.63, 3.8) is 0 Å². The van der Waals surface area contributed by atoms with Crippen molar-refractivity contribution in [2.24, 2.45) is 0 Å². The molecule has 0 aliphatic heterocycles. The van der Waals surface area contributed by atoms with Gasteiger partial charge in [0, 0.05) is 12.1 Å². The average Bonchev–Trinajstić information content (AvgIpc) is 2.35. The summed E-state index contributed by atoms with van der Waals surface area (Å²) in [7, 11) is 0. The Morgan fingerprint density at radius 1 is 1.28 bits per heavy atom. The molecule has 0 fully saturated rings. The van der Waals surface area contributed by atoms with Crippen molar-refractivity contribution in [3.8, 4) is 5.75 Å². The summed E-state index contributed by atoms with van der Waals surface area (Å²) in [5.74, 6) is 0.149. The standard InChI is InChI=1S/C11H12FNO5/c12-7-1-2-8-17-11(14)18-10-5-3-9(4-6-10)13(15)16/h3-6H,1-2,7-8H2. The number of carbonyl (C=O) groups excluding carboxylic acids is 1. The molecule has 98 valence electrons. The highest BCUT2D eigenvalue weighted by Gasteiger charge is 2.08. The lowest BCUT2D eigenvalue weighted by atomic mass is 10.3. The molecule has 18 heavy (non-hydrogen) atoms. The lowest BCUT2D eigenvalue weighted by Gasteiger charge is -2.04. The van der Waals surface area contributed by atoms with Crippen LogP contribution in [-0.2, 0) is 4.74 Å². The van der Waals surface area contributed by atoms with Gasteiger partial charge in [0.2, 0.25) is 0 Å². The highest BCUT2D eigenvalue weighted by molar-refractivity contribution is 5.63. The Morgan fingerprint density at radius 3 is 2.50 bits per heavy atom. The third-order valence-electron chi connectivity index (χ3n) is 2.00. The summed E-state index contributed by atoms with van der Waals surface area (Å²) < 4.78 is 21.2.